The highest BCUT2D eigenvalue weighted by Crippen LogP contribution is 2.43. The molecule has 0 aromatic carbocycles. The van der Waals surface area contributed by atoms with Crippen LogP contribution in [0.1, 0.15) is 66.2 Å². The normalized spacial score (nSPS) is 29.2. The Hall–Kier alpha value is -1.09. The van der Waals surface area contributed by atoms with Crippen molar-refractivity contribution in [1.82, 2.24) is 9.80 Å². The third-order valence-corrected chi connectivity index (χ3v) is 6.58. The largest absolute Gasteiger partial charge is 0.312 e. The predicted molar refractivity (Wildman–Crippen MR) is 104 cm³/mol. The maximum absolute atomic E-state index is 13.0. The molecule has 0 spiro atoms. The molecule has 3 unspecified atom stereocenters. The van der Waals surface area contributed by atoms with E-state index in [1.807, 2.05) is 0 Å². The molecule has 0 radical (unpaired) electrons. The highest BCUT2D eigenvalue weighted by Gasteiger charge is 2.46. The first-order chi connectivity index (χ1) is 12.0. The van der Waals surface area contributed by atoms with Crippen molar-refractivity contribution in [3.8, 4) is 0 Å². The van der Waals surface area contributed by atoms with Gasteiger partial charge in [0.05, 0.1) is 0 Å². The van der Waals surface area contributed by atoms with Gasteiger partial charge in [0.1, 0.15) is 0 Å². The van der Waals surface area contributed by atoms with Crippen molar-refractivity contribution < 1.29 is 4.79 Å². The minimum Gasteiger partial charge on any atom is -0.312 e. The molecule has 0 N–H and O–H groups in total. The molecule has 2 saturated heterocycles. The molecular formula is C22H36N2O. The minimum absolute atomic E-state index is 0.208. The van der Waals surface area contributed by atoms with E-state index in [1.54, 1.807) is 0 Å². The molecule has 3 aliphatic rings. The maximum atomic E-state index is 13.0. The lowest BCUT2D eigenvalue weighted by Gasteiger charge is -2.40. The first-order valence-corrected chi connectivity index (χ1v) is 10.5. The van der Waals surface area contributed by atoms with Crippen LogP contribution in [0.25, 0.3) is 0 Å². The van der Waals surface area contributed by atoms with Gasteiger partial charge in [-0.1, -0.05) is 32.9 Å². The quantitative estimate of drug-likeness (QED) is 0.703. The number of carbonyl (C=O) groups is 1. The van der Waals surface area contributed by atoms with E-state index in [2.05, 4.69) is 55.7 Å². The number of piperidine rings is 1. The van der Waals surface area contributed by atoms with Crippen LogP contribution in [-0.4, -0.2) is 40.9 Å². The Balaban J connectivity index is 1.61. The predicted octanol–water partition coefficient (Wildman–Crippen LogP) is 4.60. The molecule has 0 bridgehead atoms. The molecule has 1 amide bonds. The second kappa shape index (κ2) is 8.07. The number of carbonyl (C=O) groups excluding carboxylic acids is 1. The molecule has 1 aliphatic carbocycles. The molecule has 0 aromatic rings. The van der Waals surface area contributed by atoms with Crippen LogP contribution < -0.4 is 0 Å². The van der Waals surface area contributed by atoms with Gasteiger partial charge in [0.25, 0.3) is 0 Å². The van der Waals surface area contributed by atoms with Crippen molar-refractivity contribution in [2.75, 3.05) is 13.1 Å². The summed E-state index contributed by atoms with van der Waals surface area (Å²) >= 11 is 0. The van der Waals surface area contributed by atoms with Crippen LogP contribution in [0.15, 0.2) is 23.9 Å². The van der Waals surface area contributed by atoms with Crippen LogP contribution >= 0.6 is 0 Å². The Morgan fingerprint density at radius 3 is 2.52 bits per heavy atom. The summed E-state index contributed by atoms with van der Waals surface area (Å²) in [7, 11) is 0. The number of allylic oxidation sites excluding steroid dienone is 4. The fourth-order valence-corrected chi connectivity index (χ4v) is 4.94. The highest BCUT2D eigenvalue weighted by molar-refractivity contribution is 5.85. The zero-order chi connectivity index (χ0) is 18.0. The molecule has 2 heterocycles. The molecule has 25 heavy (non-hydrogen) atoms. The van der Waals surface area contributed by atoms with E-state index in [9.17, 15) is 4.79 Å². The number of fused-ring (bicyclic) bond motifs is 1. The van der Waals surface area contributed by atoms with Gasteiger partial charge in [0.2, 0.25) is 5.91 Å². The Kier molecular flexibility index (Phi) is 6.04. The molecule has 0 saturated carbocycles. The van der Waals surface area contributed by atoms with Gasteiger partial charge < -0.3 is 9.80 Å². The van der Waals surface area contributed by atoms with Crippen molar-refractivity contribution in [1.29, 1.82) is 0 Å². The molecule has 0 aromatic heterocycles. The van der Waals surface area contributed by atoms with Crippen molar-refractivity contribution in [2.45, 2.75) is 78.3 Å². The van der Waals surface area contributed by atoms with Gasteiger partial charge in [-0.05, 0) is 57.4 Å². The number of hydrogen-bond acceptors (Lipinski definition) is 2. The summed E-state index contributed by atoms with van der Waals surface area (Å²) in [5.74, 6) is 1.83. The van der Waals surface area contributed by atoms with Crippen molar-refractivity contribution in [3.63, 3.8) is 0 Å². The van der Waals surface area contributed by atoms with E-state index in [0.29, 0.717) is 23.9 Å². The fourth-order valence-electron chi connectivity index (χ4n) is 4.94. The smallest absolute Gasteiger partial charge is 0.230 e. The van der Waals surface area contributed by atoms with E-state index in [4.69, 9.17) is 0 Å². The van der Waals surface area contributed by atoms with Gasteiger partial charge in [-0.2, -0.15) is 0 Å². The van der Waals surface area contributed by atoms with Crippen LogP contribution in [0.3, 0.4) is 0 Å². The van der Waals surface area contributed by atoms with Crippen LogP contribution in [0, 0.1) is 17.8 Å². The SMILES string of the molecule is CCC1C(=O)N(C2CCN(C(C)CCC(C)C)CC2)C2=CC=CCC21. The number of amides is 1. The summed E-state index contributed by atoms with van der Waals surface area (Å²) in [5, 5.41) is 0. The zero-order valence-electron chi connectivity index (χ0n) is 16.6. The average Bonchev–Trinajstić information content (AvgIpc) is 2.91. The molecule has 3 atom stereocenters. The first kappa shape index (κ1) is 18.7. The second-order valence-corrected chi connectivity index (χ2v) is 8.67. The van der Waals surface area contributed by atoms with Crippen molar-refractivity contribution in [2.24, 2.45) is 17.8 Å². The van der Waals surface area contributed by atoms with Crippen LogP contribution in [0.5, 0.6) is 0 Å². The monoisotopic (exact) mass is 344 g/mol. The van der Waals surface area contributed by atoms with E-state index in [0.717, 1.165) is 44.7 Å². The molecule has 2 aliphatic heterocycles. The molecule has 140 valence electrons. The van der Waals surface area contributed by atoms with Gasteiger partial charge in [0, 0.05) is 42.7 Å². The fraction of sp³-hybridized carbons (Fsp3) is 0.773. The highest BCUT2D eigenvalue weighted by atomic mass is 16.2. The third-order valence-electron chi connectivity index (χ3n) is 6.58. The molecule has 3 heteroatoms. The van der Waals surface area contributed by atoms with Gasteiger partial charge in [-0.15, -0.1) is 0 Å². The Morgan fingerprint density at radius 2 is 1.88 bits per heavy atom. The number of hydrogen-bond donors (Lipinski definition) is 0. The molecular weight excluding hydrogens is 308 g/mol. The van der Waals surface area contributed by atoms with Gasteiger partial charge in [0.15, 0.2) is 0 Å². The van der Waals surface area contributed by atoms with Crippen LogP contribution in [0.4, 0.5) is 0 Å². The Labute approximate surface area is 154 Å². The Bertz CT molecular complexity index is 528. The summed E-state index contributed by atoms with van der Waals surface area (Å²) in [5.41, 5.74) is 1.31. The summed E-state index contributed by atoms with van der Waals surface area (Å²) in [4.78, 5) is 17.9. The molecule has 2 fully saturated rings. The third kappa shape index (κ3) is 3.86. The topological polar surface area (TPSA) is 23.6 Å². The summed E-state index contributed by atoms with van der Waals surface area (Å²) in [6, 6.07) is 1.09. The summed E-state index contributed by atoms with van der Waals surface area (Å²) < 4.78 is 0. The minimum atomic E-state index is 0.208. The Morgan fingerprint density at radius 1 is 1.16 bits per heavy atom. The van der Waals surface area contributed by atoms with Gasteiger partial charge in [-0.3, -0.25) is 4.79 Å². The number of likely N-dealkylation sites (tertiary alicyclic amines) is 2. The summed E-state index contributed by atoms with van der Waals surface area (Å²) in [6.07, 6.45) is 13.4. The van der Waals surface area contributed by atoms with E-state index < -0.39 is 0 Å². The number of nitrogens with zero attached hydrogens (tertiary/aromatic N) is 2. The lowest BCUT2D eigenvalue weighted by Crippen LogP contribution is -2.47. The van der Waals surface area contributed by atoms with Crippen LogP contribution in [0.2, 0.25) is 0 Å². The van der Waals surface area contributed by atoms with Crippen molar-refractivity contribution in [3.05, 3.63) is 23.9 Å². The second-order valence-electron chi connectivity index (χ2n) is 8.67. The van der Waals surface area contributed by atoms with Gasteiger partial charge in [-0.25, -0.2) is 0 Å². The van der Waals surface area contributed by atoms with E-state index in [1.165, 1.54) is 18.5 Å². The first-order valence-electron chi connectivity index (χ1n) is 10.5. The molecule has 3 nitrogen and oxygen atoms in total. The van der Waals surface area contributed by atoms with E-state index >= 15 is 0 Å². The number of rotatable bonds is 6. The molecule has 3 rings (SSSR count). The standard InChI is InChI=1S/C22H36N2O/c1-5-19-20-8-6-7-9-21(20)24(22(19)25)18-12-14-23(15-13-18)17(4)11-10-16(2)3/h6-7,9,16-20H,5,8,10-15H2,1-4H3. The van der Waals surface area contributed by atoms with Crippen molar-refractivity contribution >= 4 is 5.91 Å². The van der Waals surface area contributed by atoms with Gasteiger partial charge >= 0.3 is 0 Å². The lowest BCUT2D eigenvalue weighted by molar-refractivity contribution is -0.133. The summed E-state index contributed by atoms with van der Waals surface area (Å²) in [6.45, 7) is 11.4. The lowest BCUT2D eigenvalue weighted by atomic mass is 9.86. The zero-order valence-corrected chi connectivity index (χ0v) is 16.6. The van der Waals surface area contributed by atoms with Crippen LogP contribution in [-0.2, 0) is 4.79 Å². The van der Waals surface area contributed by atoms with E-state index in [-0.39, 0.29) is 5.92 Å². The average molecular weight is 345 g/mol. The maximum Gasteiger partial charge on any atom is 0.230 e.